The summed E-state index contributed by atoms with van der Waals surface area (Å²) in [4.78, 5) is 16.1. The Morgan fingerprint density at radius 3 is 2.77 bits per heavy atom. The number of aliphatic hydroxyl groups excluding tert-OH is 1. The molecule has 0 saturated heterocycles. The minimum absolute atomic E-state index is 0.0566. The average molecular weight is 356 g/mol. The molecular weight excluding hydrogens is 335 g/mol. The molecule has 1 heterocycles. The van der Waals surface area contributed by atoms with Crippen molar-refractivity contribution in [3.8, 4) is 0 Å². The lowest BCUT2D eigenvalue weighted by Crippen LogP contribution is -2.38. The Bertz CT molecular complexity index is 881. The minimum Gasteiger partial charge on any atom is -0.386 e. The van der Waals surface area contributed by atoms with Crippen LogP contribution in [-0.4, -0.2) is 33.8 Å². The maximum atomic E-state index is 13.6. The number of amides is 2. The van der Waals surface area contributed by atoms with E-state index in [1.165, 1.54) is 12.1 Å². The number of nitrogens with zero attached hydrogens (tertiary/aromatic N) is 2. The predicted octanol–water partition coefficient (Wildman–Crippen LogP) is 2.60. The number of nitrogens with one attached hydrogen (secondary N) is 2. The van der Waals surface area contributed by atoms with Crippen LogP contribution in [0.5, 0.6) is 0 Å². The van der Waals surface area contributed by atoms with Crippen LogP contribution in [0.3, 0.4) is 0 Å². The summed E-state index contributed by atoms with van der Waals surface area (Å²) >= 11 is 0. The summed E-state index contributed by atoms with van der Waals surface area (Å²) in [5.74, 6) is -0.491. The summed E-state index contributed by atoms with van der Waals surface area (Å²) < 4.78 is 15.6. The van der Waals surface area contributed by atoms with Gasteiger partial charge in [0.15, 0.2) is 0 Å². The number of urea groups is 1. The van der Waals surface area contributed by atoms with E-state index in [-0.39, 0.29) is 12.1 Å². The third kappa shape index (κ3) is 4.37. The van der Waals surface area contributed by atoms with Gasteiger partial charge in [0.25, 0.3) is 0 Å². The molecule has 7 heteroatoms. The van der Waals surface area contributed by atoms with Crippen LogP contribution in [0.4, 0.5) is 9.18 Å². The standard InChI is InChI=1S/C19H21FN4O2/c20-15-7-2-1-6-14(15)18(25)12-22-19(26)21-10-5-11-24-13-23-16-8-3-4-9-17(16)24/h1-4,6-9,13,18,25H,5,10-12H2,(H2,21,22,26). The fourth-order valence-electron chi connectivity index (χ4n) is 2.75. The monoisotopic (exact) mass is 356 g/mol. The van der Waals surface area contributed by atoms with Crippen molar-refractivity contribution in [2.75, 3.05) is 13.1 Å². The maximum Gasteiger partial charge on any atom is 0.314 e. The highest BCUT2D eigenvalue weighted by Gasteiger charge is 2.13. The molecule has 0 fully saturated rings. The molecule has 0 radical (unpaired) electrons. The third-order valence-electron chi connectivity index (χ3n) is 4.11. The second-order valence-electron chi connectivity index (χ2n) is 5.95. The first-order valence-corrected chi connectivity index (χ1v) is 8.49. The largest absolute Gasteiger partial charge is 0.386 e. The van der Waals surface area contributed by atoms with E-state index in [9.17, 15) is 14.3 Å². The van der Waals surface area contributed by atoms with Gasteiger partial charge in [-0.15, -0.1) is 0 Å². The second-order valence-corrected chi connectivity index (χ2v) is 5.95. The molecule has 0 aliphatic heterocycles. The smallest absolute Gasteiger partial charge is 0.314 e. The van der Waals surface area contributed by atoms with Gasteiger partial charge in [-0.1, -0.05) is 30.3 Å². The highest BCUT2D eigenvalue weighted by atomic mass is 19.1. The lowest BCUT2D eigenvalue weighted by Gasteiger charge is -2.13. The van der Waals surface area contributed by atoms with Gasteiger partial charge in [-0.3, -0.25) is 0 Å². The molecule has 0 aliphatic carbocycles. The molecule has 3 rings (SSSR count). The molecule has 3 aromatic rings. The second kappa shape index (κ2) is 8.44. The number of para-hydroxylation sites is 2. The van der Waals surface area contributed by atoms with Gasteiger partial charge in [-0.05, 0) is 24.6 Å². The number of imidazole rings is 1. The summed E-state index contributed by atoms with van der Waals surface area (Å²) in [5.41, 5.74) is 2.17. The Morgan fingerprint density at radius 1 is 1.15 bits per heavy atom. The predicted molar refractivity (Wildman–Crippen MR) is 97.1 cm³/mol. The molecule has 136 valence electrons. The van der Waals surface area contributed by atoms with Crippen molar-refractivity contribution in [2.45, 2.75) is 19.1 Å². The Kier molecular flexibility index (Phi) is 5.80. The summed E-state index contributed by atoms with van der Waals surface area (Å²) in [6.45, 7) is 1.16. The zero-order valence-electron chi connectivity index (χ0n) is 14.2. The number of hydrogen-bond acceptors (Lipinski definition) is 3. The highest BCUT2D eigenvalue weighted by Crippen LogP contribution is 2.15. The van der Waals surface area contributed by atoms with Crippen LogP contribution < -0.4 is 10.6 Å². The van der Waals surface area contributed by atoms with Crippen LogP contribution >= 0.6 is 0 Å². The topological polar surface area (TPSA) is 79.2 Å². The maximum absolute atomic E-state index is 13.6. The SMILES string of the molecule is O=C(NCCCn1cnc2ccccc21)NCC(O)c1ccccc1F. The minimum atomic E-state index is -1.08. The summed E-state index contributed by atoms with van der Waals surface area (Å²) in [5, 5.41) is 15.2. The summed E-state index contributed by atoms with van der Waals surface area (Å²) in [6, 6.07) is 13.4. The third-order valence-corrected chi connectivity index (χ3v) is 4.11. The van der Waals surface area contributed by atoms with Gasteiger partial charge < -0.3 is 20.3 Å². The van der Waals surface area contributed by atoms with Crippen molar-refractivity contribution in [3.63, 3.8) is 0 Å². The van der Waals surface area contributed by atoms with E-state index in [4.69, 9.17) is 0 Å². The normalized spacial score (nSPS) is 12.1. The van der Waals surface area contributed by atoms with Gasteiger partial charge in [0.2, 0.25) is 0 Å². The molecule has 26 heavy (non-hydrogen) atoms. The number of aryl methyl sites for hydroxylation is 1. The number of rotatable bonds is 7. The van der Waals surface area contributed by atoms with Crippen LogP contribution in [-0.2, 0) is 6.54 Å². The van der Waals surface area contributed by atoms with Crippen molar-refractivity contribution in [3.05, 3.63) is 66.2 Å². The fraction of sp³-hybridized carbons (Fsp3) is 0.263. The van der Waals surface area contributed by atoms with Gasteiger partial charge in [0.1, 0.15) is 5.82 Å². The van der Waals surface area contributed by atoms with E-state index in [2.05, 4.69) is 15.6 Å². The molecule has 3 N–H and O–H groups in total. The number of fused-ring (bicyclic) bond motifs is 1. The van der Waals surface area contributed by atoms with Gasteiger partial charge in [-0.25, -0.2) is 14.2 Å². The van der Waals surface area contributed by atoms with Crippen molar-refractivity contribution < 1.29 is 14.3 Å². The Labute approximate surface area is 150 Å². The number of aromatic nitrogens is 2. The average Bonchev–Trinajstić information content (AvgIpc) is 3.07. The molecule has 0 spiro atoms. The fourth-order valence-corrected chi connectivity index (χ4v) is 2.75. The van der Waals surface area contributed by atoms with Crippen LogP contribution in [0.1, 0.15) is 18.1 Å². The van der Waals surface area contributed by atoms with Gasteiger partial charge in [-0.2, -0.15) is 0 Å². The molecule has 0 aliphatic rings. The lowest BCUT2D eigenvalue weighted by atomic mass is 10.1. The Balaban J connectivity index is 1.38. The van der Waals surface area contributed by atoms with Crippen LogP contribution in [0.2, 0.25) is 0 Å². The Hall–Kier alpha value is -2.93. The van der Waals surface area contributed by atoms with Crippen LogP contribution in [0.25, 0.3) is 11.0 Å². The molecule has 2 amide bonds. The molecule has 1 unspecified atom stereocenters. The van der Waals surface area contributed by atoms with Gasteiger partial charge in [0.05, 0.1) is 23.5 Å². The molecule has 1 atom stereocenters. The van der Waals surface area contributed by atoms with E-state index in [0.717, 1.165) is 24.0 Å². The highest BCUT2D eigenvalue weighted by molar-refractivity contribution is 5.75. The number of halogens is 1. The van der Waals surface area contributed by atoms with E-state index in [1.54, 1.807) is 18.5 Å². The Morgan fingerprint density at radius 2 is 1.92 bits per heavy atom. The number of carbonyl (C=O) groups excluding carboxylic acids is 1. The number of carbonyl (C=O) groups is 1. The number of hydrogen-bond donors (Lipinski definition) is 3. The summed E-state index contributed by atoms with van der Waals surface area (Å²) in [6.07, 6.45) is 1.44. The van der Waals surface area contributed by atoms with Crippen molar-refractivity contribution in [2.24, 2.45) is 0 Å². The molecule has 0 bridgehead atoms. The number of aliphatic hydroxyl groups is 1. The quantitative estimate of drug-likeness (QED) is 0.569. The molecule has 6 nitrogen and oxygen atoms in total. The van der Waals surface area contributed by atoms with Crippen molar-refractivity contribution >= 4 is 17.1 Å². The molecule has 0 saturated carbocycles. The van der Waals surface area contributed by atoms with E-state index >= 15 is 0 Å². The van der Waals surface area contributed by atoms with Gasteiger partial charge in [0, 0.05) is 25.2 Å². The summed E-state index contributed by atoms with van der Waals surface area (Å²) in [7, 11) is 0. The van der Waals surface area contributed by atoms with Crippen molar-refractivity contribution in [1.29, 1.82) is 0 Å². The zero-order valence-corrected chi connectivity index (χ0v) is 14.2. The first-order valence-electron chi connectivity index (χ1n) is 8.49. The molecule has 2 aromatic carbocycles. The molecular formula is C19H21FN4O2. The van der Waals surface area contributed by atoms with Gasteiger partial charge >= 0.3 is 6.03 Å². The zero-order chi connectivity index (χ0) is 18.4. The first-order chi connectivity index (χ1) is 12.6. The van der Waals surface area contributed by atoms with E-state index < -0.39 is 18.0 Å². The van der Waals surface area contributed by atoms with Crippen LogP contribution in [0, 0.1) is 5.82 Å². The van der Waals surface area contributed by atoms with Crippen molar-refractivity contribution in [1.82, 2.24) is 20.2 Å². The lowest BCUT2D eigenvalue weighted by molar-refractivity contribution is 0.169. The first kappa shape index (κ1) is 17.9. The van der Waals surface area contributed by atoms with Crippen LogP contribution in [0.15, 0.2) is 54.9 Å². The van der Waals surface area contributed by atoms with E-state index in [0.29, 0.717) is 6.54 Å². The van der Waals surface area contributed by atoms with E-state index in [1.807, 2.05) is 28.8 Å². The molecule has 1 aromatic heterocycles. The number of benzene rings is 2.